The number of piperidine rings is 1. The fraction of sp³-hybridized carbons (Fsp3) is 0.929. The molecule has 6 nitrogen and oxygen atoms in total. The minimum atomic E-state index is -3.33. The second kappa shape index (κ2) is 7.56. The third-order valence-corrected chi connectivity index (χ3v) is 5.98. The SMILES string of the molecule is CCOC(=O)CCS(=O)(=O)N1CCC(NCC2CC2)CC1. The van der Waals surface area contributed by atoms with Crippen LogP contribution in [0.2, 0.25) is 0 Å². The Kier molecular flexibility index (Phi) is 6.01. The predicted molar refractivity (Wildman–Crippen MR) is 80.4 cm³/mol. The van der Waals surface area contributed by atoms with E-state index in [2.05, 4.69) is 5.32 Å². The van der Waals surface area contributed by atoms with Crippen LogP contribution in [0.3, 0.4) is 0 Å². The molecule has 2 rings (SSSR count). The smallest absolute Gasteiger partial charge is 0.306 e. The lowest BCUT2D eigenvalue weighted by Crippen LogP contribution is -2.46. The lowest BCUT2D eigenvalue weighted by Gasteiger charge is -2.31. The zero-order chi connectivity index (χ0) is 15.3. The quantitative estimate of drug-likeness (QED) is 0.668. The van der Waals surface area contributed by atoms with Gasteiger partial charge in [0.25, 0.3) is 0 Å². The van der Waals surface area contributed by atoms with Crippen LogP contribution in [0.25, 0.3) is 0 Å². The molecule has 0 aromatic heterocycles. The van der Waals surface area contributed by atoms with E-state index in [1.165, 1.54) is 17.1 Å². The number of sulfonamides is 1. The lowest BCUT2D eigenvalue weighted by atomic mass is 10.1. The van der Waals surface area contributed by atoms with Crippen LogP contribution in [0.4, 0.5) is 0 Å². The number of rotatable bonds is 8. The van der Waals surface area contributed by atoms with Crippen LogP contribution in [-0.2, 0) is 19.6 Å². The number of esters is 1. The largest absolute Gasteiger partial charge is 0.466 e. The van der Waals surface area contributed by atoms with Gasteiger partial charge in [0.15, 0.2) is 0 Å². The minimum absolute atomic E-state index is 0.0595. The van der Waals surface area contributed by atoms with E-state index in [4.69, 9.17) is 4.74 Å². The fourth-order valence-corrected chi connectivity index (χ4v) is 4.02. The van der Waals surface area contributed by atoms with Crippen molar-refractivity contribution < 1.29 is 17.9 Å². The molecule has 0 amide bonds. The molecule has 1 saturated heterocycles. The molecule has 1 saturated carbocycles. The molecular formula is C14H26N2O4S. The van der Waals surface area contributed by atoms with Crippen LogP contribution in [0, 0.1) is 5.92 Å². The zero-order valence-corrected chi connectivity index (χ0v) is 13.5. The maximum absolute atomic E-state index is 12.2. The Labute approximate surface area is 127 Å². The summed E-state index contributed by atoms with van der Waals surface area (Å²) in [4.78, 5) is 11.3. The summed E-state index contributed by atoms with van der Waals surface area (Å²) in [6.45, 7) is 4.17. The Hall–Kier alpha value is -0.660. The van der Waals surface area contributed by atoms with E-state index < -0.39 is 16.0 Å². The van der Waals surface area contributed by atoms with Gasteiger partial charge in [-0.15, -0.1) is 0 Å². The Bertz CT molecular complexity index is 440. The highest BCUT2D eigenvalue weighted by atomic mass is 32.2. The van der Waals surface area contributed by atoms with Crippen LogP contribution in [0.5, 0.6) is 0 Å². The summed E-state index contributed by atoms with van der Waals surface area (Å²) in [6, 6.07) is 0.433. The maximum Gasteiger partial charge on any atom is 0.306 e. The van der Waals surface area contributed by atoms with Gasteiger partial charge in [-0.05, 0) is 45.1 Å². The van der Waals surface area contributed by atoms with Crippen molar-refractivity contribution in [1.82, 2.24) is 9.62 Å². The molecule has 7 heteroatoms. The van der Waals surface area contributed by atoms with E-state index in [9.17, 15) is 13.2 Å². The van der Waals surface area contributed by atoms with Gasteiger partial charge in [0, 0.05) is 19.1 Å². The topological polar surface area (TPSA) is 75.7 Å². The molecule has 0 spiro atoms. The summed E-state index contributed by atoms with van der Waals surface area (Å²) in [7, 11) is -3.33. The monoisotopic (exact) mass is 318 g/mol. The summed E-state index contributed by atoms with van der Waals surface area (Å²) >= 11 is 0. The van der Waals surface area contributed by atoms with Crippen molar-refractivity contribution in [2.24, 2.45) is 5.92 Å². The average molecular weight is 318 g/mol. The molecule has 2 fully saturated rings. The zero-order valence-electron chi connectivity index (χ0n) is 12.7. The maximum atomic E-state index is 12.2. The molecule has 2 aliphatic rings. The second-order valence-corrected chi connectivity index (χ2v) is 7.98. The molecule has 1 aliphatic carbocycles. The average Bonchev–Trinajstić information content (AvgIpc) is 3.28. The highest BCUT2D eigenvalue weighted by molar-refractivity contribution is 7.89. The van der Waals surface area contributed by atoms with Gasteiger partial charge in [0.2, 0.25) is 10.0 Å². The van der Waals surface area contributed by atoms with Gasteiger partial charge in [-0.25, -0.2) is 12.7 Å². The van der Waals surface area contributed by atoms with E-state index in [-0.39, 0.29) is 18.8 Å². The molecular weight excluding hydrogens is 292 g/mol. The van der Waals surface area contributed by atoms with Crippen LogP contribution >= 0.6 is 0 Å². The predicted octanol–water partition coefficient (Wildman–Crippen LogP) is 0.733. The Morgan fingerprint density at radius 3 is 2.48 bits per heavy atom. The number of carbonyl (C=O) groups is 1. The Morgan fingerprint density at radius 2 is 1.90 bits per heavy atom. The van der Waals surface area contributed by atoms with Crippen LogP contribution < -0.4 is 5.32 Å². The number of nitrogens with zero attached hydrogens (tertiary/aromatic N) is 1. The summed E-state index contributed by atoms with van der Waals surface area (Å²) in [5, 5.41) is 3.53. The third kappa shape index (κ3) is 5.56. The van der Waals surface area contributed by atoms with Gasteiger partial charge in [-0.3, -0.25) is 4.79 Å². The lowest BCUT2D eigenvalue weighted by molar-refractivity contribution is -0.142. The summed E-state index contributed by atoms with van der Waals surface area (Å²) in [5.74, 6) is 0.254. The van der Waals surface area contributed by atoms with Crippen molar-refractivity contribution in [3.05, 3.63) is 0 Å². The molecule has 0 unspecified atom stereocenters. The Morgan fingerprint density at radius 1 is 1.24 bits per heavy atom. The van der Waals surface area contributed by atoms with Crippen LogP contribution in [-0.4, -0.2) is 56.7 Å². The molecule has 0 aromatic rings. The molecule has 21 heavy (non-hydrogen) atoms. The third-order valence-electron chi connectivity index (χ3n) is 4.11. The van der Waals surface area contributed by atoms with Crippen LogP contribution in [0.1, 0.15) is 39.0 Å². The molecule has 1 N–H and O–H groups in total. The normalized spacial score (nSPS) is 21.4. The highest BCUT2D eigenvalue weighted by Gasteiger charge is 2.29. The summed E-state index contributed by atoms with van der Waals surface area (Å²) < 4.78 is 30.6. The van der Waals surface area contributed by atoms with Gasteiger partial charge in [-0.2, -0.15) is 0 Å². The van der Waals surface area contributed by atoms with Crippen molar-refractivity contribution >= 4 is 16.0 Å². The van der Waals surface area contributed by atoms with E-state index >= 15 is 0 Å². The fourth-order valence-electron chi connectivity index (χ4n) is 2.57. The van der Waals surface area contributed by atoms with E-state index in [1.807, 2.05) is 0 Å². The van der Waals surface area contributed by atoms with Crippen molar-refractivity contribution in [3.8, 4) is 0 Å². The minimum Gasteiger partial charge on any atom is -0.466 e. The van der Waals surface area contributed by atoms with Gasteiger partial charge in [0.1, 0.15) is 0 Å². The van der Waals surface area contributed by atoms with Gasteiger partial charge in [-0.1, -0.05) is 0 Å². The molecule has 0 atom stereocenters. The Balaban J connectivity index is 1.70. The number of carbonyl (C=O) groups excluding carboxylic acids is 1. The first-order valence-electron chi connectivity index (χ1n) is 7.88. The number of nitrogens with one attached hydrogen (secondary N) is 1. The first-order chi connectivity index (χ1) is 10.0. The molecule has 1 heterocycles. The van der Waals surface area contributed by atoms with E-state index in [0.29, 0.717) is 19.1 Å². The first kappa shape index (κ1) is 16.7. The molecule has 122 valence electrons. The summed E-state index contributed by atoms with van der Waals surface area (Å²) in [6.07, 6.45) is 4.30. The number of hydrogen-bond donors (Lipinski definition) is 1. The van der Waals surface area contributed by atoms with Crippen molar-refractivity contribution in [3.63, 3.8) is 0 Å². The first-order valence-corrected chi connectivity index (χ1v) is 9.49. The van der Waals surface area contributed by atoms with Gasteiger partial charge in [0.05, 0.1) is 18.8 Å². The van der Waals surface area contributed by atoms with Crippen molar-refractivity contribution in [2.75, 3.05) is 32.0 Å². The second-order valence-electron chi connectivity index (χ2n) is 5.90. The number of ether oxygens (including phenoxy) is 1. The molecule has 0 bridgehead atoms. The molecule has 0 aromatic carbocycles. The van der Waals surface area contributed by atoms with Gasteiger partial charge >= 0.3 is 5.97 Å². The van der Waals surface area contributed by atoms with Crippen molar-refractivity contribution in [2.45, 2.75) is 45.1 Å². The standard InChI is InChI=1S/C14H26N2O4S/c1-2-20-14(17)7-10-21(18,19)16-8-5-13(6-9-16)15-11-12-3-4-12/h12-13,15H,2-11H2,1H3. The molecule has 1 aliphatic heterocycles. The summed E-state index contributed by atoms with van der Waals surface area (Å²) in [5.41, 5.74) is 0. The number of hydrogen-bond acceptors (Lipinski definition) is 5. The van der Waals surface area contributed by atoms with Crippen LogP contribution in [0.15, 0.2) is 0 Å². The highest BCUT2D eigenvalue weighted by Crippen LogP contribution is 2.28. The van der Waals surface area contributed by atoms with E-state index in [1.54, 1.807) is 6.92 Å². The van der Waals surface area contributed by atoms with E-state index in [0.717, 1.165) is 25.3 Å². The molecule has 0 radical (unpaired) electrons. The van der Waals surface area contributed by atoms with Crippen molar-refractivity contribution in [1.29, 1.82) is 0 Å². The van der Waals surface area contributed by atoms with Gasteiger partial charge < -0.3 is 10.1 Å².